The second kappa shape index (κ2) is 9.77. The Bertz CT molecular complexity index is 1160. The molecule has 3 amide bonds. The lowest BCUT2D eigenvalue weighted by atomic mass is 10.0. The third-order valence-electron chi connectivity index (χ3n) is 6.56. The van der Waals surface area contributed by atoms with E-state index in [1.54, 1.807) is 15.9 Å². The number of rotatable bonds is 8. The number of carboxylic acids is 1. The molecule has 0 spiro atoms. The predicted octanol–water partition coefficient (Wildman–Crippen LogP) is 2.05. The number of amides is 3. The maximum absolute atomic E-state index is 13.2. The monoisotopic (exact) mass is 480 g/mol. The van der Waals surface area contributed by atoms with Crippen LogP contribution in [0.1, 0.15) is 42.1 Å². The molecule has 2 aromatic rings. The second-order valence-electron chi connectivity index (χ2n) is 8.97. The summed E-state index contributed by atoms with van der Waals surface area (Å²) in [5.41, 5.74) is 2.81. The van der Waals surface area contributed by atoms with Gasteiger partial charge in [0, 0.05) is 38.1 Å². The molecule has 3 aliphatic heterocycles. The van der Waals surface area contributed by atoms with Gasteiger partial charge in [-0.25, -0.2) is 14.8 Å². The third-order valence-corrected chi connectivity index (χ3v) is 6.56. The summed E-state index contributed by atoms with van der Waals surface area (Å²) >= 11 is 0. The summed E-state index contributed by atoms with van der Waals surface area (Å²) in [6, 6.07) is 4.97. The van der Waals surface area contributed by atoms with E-state index in [-0.39, 0.29) is 25.0 Å². The number of hydrogen-bond acceptors (Lipinski definition) is 7. The van der Waals surface area contributed by atoms with Crippen LogP contribution in [0.5, 0.6) is 5.75 Å². The Labute approximate surface area is 202 Å². The third kappa shape index (κ3) is 4.98. The van der Waals surface area contributed by atoms with Crippen LogP contribution < -0.4 is 15.4 Å². The molecule has 0 saturated carbocycles. The van der Waals surface area contributed by atoms with E-state index in [0.29, 0.717) is 36.8 Å². The number of carboxylic acid groups (broad SMARTS) is 1. The minimum atomic E-state index is -1.01. The van der Waals surface area contributed by atoms with E-state index < -0.39 is 12.0 Å². The molecule has 0 radical (unpaired) electrons. The molecule has 1 fully saturated rings. The second-order valence-corrected chi connectivity index (χ2v) is 8.97. The highest BCUT2D eigenvalue weighted by Crippen LogP contribution is 2.33. The lowest BCUT2D eigenvalue weighted by molar-refractivity contribution is -0.138. The summed E-state index contributed by atoms with van der Waals surface area (Å²) in [5.74, 6) is 0.315. The number of nitrogens with zero attached hydrogens (tertiary/aromatic N) is 4. The van der Waals surface area contributed by atoms with Gasteiger partial charge in [-0.1, -0.05) is 6.07 Å². The number of carbonyl (C=O) groups excluding carboxylic acids is 2. The van der Waals surface area contributed by atoms with E-state index >= 15 is 0 Å². The molecule has 35 heavy (non-hydrogen) atoms. The van der Waals surface area contributed by atoms with Crippen molar-refractivity contribution in [3.63, 3.8) is 0 Å². The molecule has 11 heteroatoms. The summed E-state index contributed by atoms with van der Waals surface area (Å²) in [6.45, 7) is 2.33. The van der Waals surface area contributed by atoms with Gasteiger partial charge in [-0.2, -0.15) is 0 Å². The first kappa shape index (κ1) is 22.9. The number of hydrogen-bond donors (Lipinski definition) is 3. The minimum absolute atomic E-state index is 0.132. The van der Waals surface area contributed by atoms with Crippen LogP contribution >= 0.6 is 0 Å². The van der Waals surface area contributed by atoms with Gasteiger partial charge in [0.1, 0.15) is 5.82 Å². The number of fused-ring (bicyclic) bond motifs is 2. The van der Waals surface area contributed by atoms with Gasteiger partial charge < -0.3 is 30.3 Å². The molecule has 0 aliphatic carbocycles. The Hall–Kier alpha value is -3.89. The Morgan fingerprint density at radius 1 is 1.23 bits per heavy atom. The van der Waals surface area contributed by atoms with Gasteiger partial charge in [-0.3, -0.25) is 9.59 Å². The molecule has 11 nitrogen and oxygen atoms in total. The summed E-state index contributed by atoms with van der Waals surface area (Å²) in [5, 5.41) is 15.5. The molecule has 1 unspecified atom stereocenters. The Kier molecular flexibility index (Phi) is 6.39. The van der Waals surface area contributed by atoms with Crippen LogP contribution in [-0.4, -0.2) is 75.6 Å². The van der Waals surface area contributed by atoms with Gasteiger partial charge in [0.05, 0.1) is 12.5 Å². The number of anilines is 2. The molecule has 5 rings (SSSR count). The van der Waals surface area contributed by atoms with E-state index in [9.17, 15) is 19.5 Å². The highest BCUT2D eigenvalue weighted by molar-refractivity contribution is 5.94. The number of nitrogens with one attached hydrogen (secondary N) is 2. The number of pyridine rings is 2. The maximum atomic E-state index is 13.2. The van der Waals surface area contributed by atoms with E-state index in [0.717, 1.165) is 43.7 Å². The van der Waals surface area contributed by atoms with E-state index in [2.05, 4.69) is 27.8 Å². The standard InChI is InChI=1S/C24H28N6O5/c31-20-14-35-19-11-16(13-26-23(19)28-20)18(12-21(32)33)30-10-9-29(24(30)34)8-2-4-17-6-5-15-3-1-7-25-22(15)27-17/h5-6,11,13,18H,1-4,7-10,12,14H2,(H,25,27)(H,32,33)(H,26,28,31). The molecule has 2 aromatic heterocycles. The summed E-state index contributed by atoms with van der Waals surface area (Å²) < 4.78 is 5.43. The van der Waals surface area contributed by atoms with Crippen molar-refractivity contribution >= 4 is 29.5 Å². The highest BCUT2D eigenvalue weighted by atomic mass is 16.5. The Balaban J connectivity index is 1.23. The number of ether oxygens (including phenoxy) is 1. The van der Waals surface area contributed by atoms with Crippen molar-refractivity contribution in [3.05, 3.63) is 41.2 Å². The largest absolute Gasteiger partial charge is 0.481 e. The van der Waals surface area contributed by atoms with Gasteiger partial charge in [0.2, 0.25) is 0 Å². The number of urea groups is 1. The van der Waals surface area contributed by atoms with Crippen molar-refractivity contribution in [2.75, 3.05) is 43.4 Å². The van der Waals surface area contributed by atoms with Crippen molar-refractivity contribution in [3.8, 4) is 5.75 Å². The predicted molar refractivity (Wildman–Crippen MR) is 126 cm³/mol. The molecular weight excluding hydrogens is 452 g/mol. The van der Waals surface area contributed by atoms with Crippen LogP contribution in [0.2, 0.25) is 0 Å². The van der Waals surface area contributed by atoms with Crippen LogP contribution in [0, 0.1) is 0 Å². The van der Waals surface area contributed by atoms with Crippen molar-refractivity contribution in [2.45, 2.75) is 38.1 Å². The quantitative estimate of drug-likeness (QED) is 0.522. The molecule has 0 bridgehead atoms. The zero-order chi connectivity index (χ0) is 24.4. The average molecular weight is 481 g/mol. The van der Waals surface area contributed by atoms with Gasteiger partial charge in [0.15, 0.2) is 18.2 Å². The zero-order valence-electron chi connectivity index (χ0n) is 19.3. The zero-order valence-corrected chi connectivity index (χ0v) is 19.3. The fourth-order valence-electron chi connectivity index (χ4n) is 4.79. The first-order chi connectivity index (χ1) is 17.0. The number of aliphatic carboxylic acids is 1. The minimum Gasteiger partial charge on any atom is -0.481 e. The first-order valence-corrected chi connectivity index (χ1v) is 11.9. The topological polar surface area (TPSA) is 137 Å². The summed E-state index contributed by atoms with van der Waals surface area (Å²) in [4.78, 5) is 48.6. The number of aromatic nitrogens is 2. The molecule has 0 aromatic carbocycles. The molecule has 184 valence electrons. The van der Waals surface area contributed by atoms with Gasteiger partial charge >= 0.3 is 12.0 Å². The lowest BCUT2D eigenvalue weighted by Crippen LogP contribution is -2.36. The van der Waals surface area contributed by atoms with Crippen LogP contribution in [0.4, 0.5) is 16.4 Å². The van der Waals surface area contributed by atoms with E-state index in [4.69, 9.17) is 9.72 Å². The van der Waals surface area contributed by atoms with E-state index in [1.807, 2.05) is 0 Å². The van der Waals surface area contributed by atoms with Crippen LogP contribution in [0.3, 0.4) is 0 Å². The average Bonchev–Trinajstić information content (AvgIpc) is 3.22. The molecular formula is C24H28N6O5. The van der Waals surface area contributed by atoms with Crippen molar-refractivity contribution < 1.29 is 24.2 Å². The lowest BCUT2D eigenvalue weighted by Gasteiger charge is -2.28. The highest BCUT2D eigenvalue weighted by Gasteiger charge is 2.36. The molecule has 3 aliphatic rings. The number of aryl methyl sites for hydroxylation is 2. The van der Waals surface area contributed by atoms with Gasteiger partial charge in [-0.15, -0.1) is 0 Å². The first-order valence-electron chi connectivity index (χ1n) is 11.9. The molecule has 5 heterocycles. The molecule has 1 saturated heterocycles. The van der Waals surface area contributed by atoms with Crippen molar-refractivity contribution in [1.82, 2.24) is 19.8 Å². The Morgan fingerprint density at radius 2 is 2.11 bits per heavy atom. The summed E-state index contributed by atoms with van der Waals surface area (Å²) in [7, 11) is 0. The van der Waals surface area contributed by atoms with E-state index in [1.165, 1.54) is 11.8 Å². The Morgan fingerprint density at radius 3 is 2.97 bits per heavy atom. The molecule has 3 N–H and O–H groups in total. The van der Waals surface area contributed by atoms with Crippen LogP contribution in [0.15, 0.2) is 24.4 Å². The van der Waals surface area contributed by atoms with Gasteiger partial charge in [0.25, 0.3) is 5.91 Å². The van der Waals surface area contributed by atoms with Crippen LogP contribution in [0.25, 0.3) is 0 Å². The normalized spacial score (nSPS) is 17.7. The van der Waals surface area contributed by atoms with Crippen LogP contribution in [-0.2, 0) is 22.4 Å². The fourth-order valence-corrected chi connectivity index (χ4v) is 4.79. The maximum Gasteiger partial charge on any atom is 0.320 e. The molecule has 1 atom stereocenters. The van der Waals surface area contributed by atoms with Crippen molar-refractivity contribution in [2.24, 2.45) is 0 Å². The number of carbonyl (C=O) groups is 3. The SMILES string of the molecule is O=C(O)CC(c1cnc2c(c1)OCC(=O)N2)N1CCN(CCCc2ccc3c(n2)NCCC3)C1=O. The van der Waals surface area contributed by atoms with Crippen molar-refractivity contribution in [1.29, 1.82) is 0 Å². The van der Waals surface area contributed by atoms with Gasteiger partial charge in [-0.05, 0) is 48.9 Å². The summed E-state index contributed by atoms with van der Waals surface area (Å²) in [6.07, 6.45) is 4.94. The smallest absolute Gasteiger partial charge is 0.320 e. The fraction of sp³-hybridized carbons (Fsp3) is 0.458.